The summed E-state index contributed by atoms with van der Waals surface area (Å²) < 4.78 is 5.49. The summed E-state index contributed by atoms with van der Waals surface area (Å²) in [5, 5.41) is 4.09. The fourth-order valence-corrected chi connectivity index (χ4v) is 3.05. The molecule has 0 radical (unpaired) electrons. The molecule has 128 valence electrons. The number of pyridine rings is 1. The third-order valence-corrected chi connectivity index (χ3v) is 4.36. The first-order valence-corrected chi connectivity index (χ1v) is 8.41. The van der Waals surface area contributed by atoms with Crippen molar-refractivity contribution >= 4 is 5.91 Å². The molecule has 0 spiro atoms. The van der Waals surface area contributed by atoms with Crippen molar-refractivity contribution in [1.82, 2.24) is 20.0 Å². The van der Waals surface area contributed by atoms with Crippen LogP contribution in [0.25, 0.3) is 11.5 Å². The number of carbonyl (C=O) groups is 1. The van der Waals surface area contributed by atoms with Crippen LogP contribution in [0.3, 0.4) is 0 Å². The van der Waals surface area contributed by atoms with Crippen molar-refractivity contribution in [3.05, 3.63) is 29.8 Å². The standard InChI is InChI=1S/C18H24N4O2/c1-12-7-5-9-19-14(12)15-20-16(24-21-15)13-8-6-10-22(11-13)17(23)18(2,3)4/h5,7,9,13H,6,8,10-11H2,1-4H3/t13-/m1/s1. The summed E-state index contributed by atoms with van der Waals surface area (Å²) in [5.74, 6) is 1.38. The second kappa shape index (κ2) is 6.34. The molecule has 24 heavy (non-hydrogen) atoms. The smallest absolute Gasteiger partial charge is 0.231 e. The number of likely N-dealkylation sites (tertiary alicyclic amines) is 1. The molecule has 0 N–H and O–H groups in total. The molecule has 0 bridgehead atoms. The first-order valence-electron chi connectivity index (χ1n) is 8.41. The van der Waals surface area contributed by atoms with Gasteiger partial charge in [0.05, 0.1) is 5.92 Å². The van der Waals surface area contributed by atoms with Crippen LogP contribution in [-0.4, -0.2) is 39.0 Å². The lowest BCUT2D eigenvalue weighted by atomic mass is 9.91. The van der Waals surface area contributed by atoms with Crippen LogP contribution in [-0.2, 0) is 4.79 Å². The Labute approximate surface area is 142 Å². The normalized spacial score (nSPS) is 18.7. The van der Waals surface area contributed by atoms with Gasteiger partial charge in [0.15, 0.2) is 0 Å². The molecule has 6 heteroatoms. The number of hydrogen-bond acceptors (Lipinski definition) is 5. The average Bonchev–Trinajstić information content (AvgIpc) is 3.03. The van der Waals surface area contributed by atoms with Crippen molar-refractivity contribution in [3.63, 3.8) is 0 Å². The Morgan fingerprint density at radius 1 is 1.38 bits per heavy atom. The zero-order valence-corrected chi connectivity index (χ0v) is 14.7. The first-order chi connectivity index (χ1) is 11.4. The van der Waals surface area contributed by atoms with Crippen molar-refractivity contribution in [2.75, 3.05) is 13.1 Å². The summed E-state index contributed by atoms with van der Waals surface area (Å²) >= 11 is 0. The average molecular weight is 328 g/mol. The highest BCUT2D eigenvalue weighted by Gasteiger charge is 2.33. The molecule has 1 aliphatic heterocycles. The molecule has 6 nitrogen and oxygen atoms in total. The number of hydrogen-bond donors (Lipinski definition) is 0. The molecule has 0 unspecified atom stereocenters. The largest absolute Gasteiger partial charge is 0.341 e. The number of aromatic nitrogens is 3. The molecule has 1 saturated heterocycles. The van der Waals surface area contributed by atoms with Crippen LogP contribution in [0.5, 0.6) is 0 Å². The summed E-state index contributed by atoms with van der Waals surface area (Å²) in [6.45, 7) is 9.27. The number of aryl methyl sites for hydroxylation is 1. The van der Waals surface area contributed by atoms with Gasteiger partial charge in [-0.25, -0.2) is 0 Å². The Balaban J connectivity index is 1.78. The summed E-state index contributed by atoms with van der Waals surface area (Å²) in [6, 6.07) is 3.86. The van der Waals surface area contributed by atoms with Crippen LogP contribution in [0.4, 0.5) is 0 Å². The van der Waals surface area contributed by atoms with Gasteiger partial charge in [0, 0.05) is 24.7 Å². The van der Waals surface area contributed by atoms with Crippen LogP contribution >= 0.6 is 0 Å². The zero-order valence-electron chi connectivity index (χ0n) is 14.7. The molecule has 1 amide bonds. The van der Waals surface area contributed by atoms with E-state index in [0.29, 0.717) is 18.3 Å². The van der Waals surface area contributed by atoms with Crippen LogP contribution in [0, 0.1) is 12.3 Å². The van der Waals surface area contributed by atoms with E-state index in [9.17, 15) is 4.79 Å². The predicted octanol–water partition coefficient (Wildman–Crippen LogP) is 3.19. The van der Waals surface area contributed by atoms with E-state index in [-0.39, 0.29) is 17.2 Å². The molecule has 1 atom stereocenters. The second-order valence-electron chi connectivity index (χ2n) is 7.47. The summed E-state index contributed by atoms with van der Waals surface area (Å²) in [6.07, 6.45) is 3.63. The van der Waals surface area contributed by atoms with Gasteiger partial charge in [-0.1, -0.05) is 32.0 Å². The lowest BCUT2D eigenvalue weighted by Crippen LogP contribution is -2.44. The number of nitrogens with zero attached hydrogens (tertiary/aromatic N) is 4. The van der Waals surface area contributed by atoms with Crippen LogP contribution in [0.2, 0.25) is 0 Å². The predicted molar refractivity (Wildman–Crippen MR) is 90.3 cm³/mol. The van der Waals surface area contributed by atoms with Gasteiger partial charge < -0.3 is 9.42 Å². The molecule has 0 aromatic carbocycles. The third kappa shape index (κ3) is 3.32. The van der Waals surface area contributed by atoms with Crippen LogP contribution in [0.15, 0.2) is 22.9 Å². The van der Waals surface area contributed by atoms with Gasteiger partial charge in [0.1, 0.15) is 5.69 Å². The van der Waals surface area contributed by atoms with Crippen molar-refractivity contribution in [2.45, 2.75) is 46.5 Å². The lowest BCUT2D eigenvalue weighted by Gasteiger charge is -2.35. The summed E-state index contributed by atoms with van der Waals surface area (Å²) in [4.78, 5) is 23.3. The molecular formula is C18H24N4O2. The van der Waals surface area contributed by atoms with E-state index in [1.807, 2.05) is 44.7 Å². The maximum absolute atomic E-state index is 12.5. The van der Waals surface area contributed by atoms with E-state index in [1.165, 1.54) is 0 Å². The SMILES string of the molecule is Cc1cccnc1-c1noc([C@@H]2CCCN(C(=O)C(C)(C)C)C2)n1. The first kappa shape index (κ1) is 16.6. The van der Waals surface area contributed by atoms with Crippen molar-refractivity contribution in [1.29, 1.82) is 0 Å². The highest BCUT2D eigenvalue weighted by Crippen LogP contribution is 2.30. The van der Waals surface area contributed by atoms with Gasteiger partial charge in [-0.3, -0.25) is 9.78 Å². The molecule has 1 fully saturated rings. The molecule has 0 aliphatic carbocycles. The van der Waals surface area contributed by atoms with Crippen LogP contribution < -0.4 is 0 Å². The van der Waals surface area contributed by atoms with Gasteiger partial charge in [0.2, 0.25) is 17.6 Å². The molecule has 2 aromatic heterocycles. The molecular weight excluding hydrogens is 304 g/mol. The van der Waals surface area contributed by atoms with Crippen molar-refractivity contribution < 1.29 is 9.32 Å². The minimum Gasteiger partial charge on any atom is -0.341 e. The Morgan fingerprint density at radius 3 is 2.88 bits per heavy atom. The Hall–Kier alpha value is -2.24. The number of rotatable bonds is 2. The Morgan fingerprint density at radius 2 is 2.17 bits per heavy atom. The number of carbonyl (C=O) groups excluding carboxylic acids is 1. The maximum Gasteiger partial charge on any atom is 0.231 e. The topological polar surface area (TPSA) is 72.1 Å². The van der Waals surface area contributed by atoms with E-state index in [0.717, 1.165) is 30.6 Å². The third-order valence-electron chi connectivity index (χ3n) is 4.36. The summed E-state index contributed by atoms with van der Waals surface area (Å²) in [5.41, 5.74) is 1.39. The van der Waals surface area contributed by atoms with Crippen molar-refractivity contribution in [2.24, 2.45) is 5.41 Å². The highest BCUT2D eigenvalue weighted by molar-refractivity contribution is 5.81. The zero-order chi connectivity index (χ0) is 17.3. The molecule has 1 aliphatic rings. The number of amides is 1. The lowest BCUT2D eigenvalue weighted by molar-refractivity contribution is -0.140. The van der Waals surface area contributed by atoms with E-state index in [2.05, 4.69) is 15.1 Å². The molecule has 3 rings (SSSR count). The van der Waals surface area contributed by atoms with Gasteiger partial charge in [0.25, 0.3) is 0 Å². The summed E-state index contributed by atoms with van der Waals surface area (Å²) in [7, 11) is 0. The van der Waals surface area contributed by atoms with Crippen molar-refractivity contribution in [3.8, 4) is 11.5 Å². The van der Waals surface area contributed by atoms with E-state index < -0.39 is 0 Å². The molecule has 3 heterocycles. The van der Waals surface area contributed by atoms with Gasteiger partial charge in [-0.15, -0.1) is 0 Å². The maximum atomic E-state index is 12.5. The molecule has 2 aromatic rings. The quantitative estimate of drug-likeness (QED) is 0.846. The van der Waals surface area contributed by atoms with Crippen LogP contribution in [0.1, 0.15) is 51.0 Å². The molecule has 0 saturated carbocycles. The van der Waals surface area contributed by atoms with E-state index in [1.54, 1.807) is 6.20 Å². The minimum absolute atomic E-state index is 0.0929. The highest BCUT2D eigenvalue weighted by atomic mass is 16.5. The van der Waals surface area contributed by atoms with Gasteiger partial charge in [-0.05, 0) is 31.4 Å². The van der Waals surface area contributed by atoms with E-state index >= 15 is 0 Å². The Kier molecular flexibility index (Phi) is 4.39. The minimum atomic E-state index is -0.368. The second-order valence-corrected chi connectivity index (χ2v) is 7.47. The van der Waals surface area contributed by atoms with Gasteiger partial charge >= 0.3 is 0 Å². The van der Waals surface area contributed by atoms with Gasteiger partial charge in [-0.2, -0.15) is 4.98 Å². The fourth-order valence-electron chi connectivity index (χ4n) is 3.05. The number of piperidine rings is 1. The monoisotopic (exact) mass is 328 g/mol. The Bertz CT molecular complexity index is 733. The fraction of sp³-hybridized carbons (Fsp3) is 0.556. The van der Waals surface area contributed by atoms with E-state index in [4.69, 9.17) is 4.52 Å².